The minimum absolute atomic E-state index is 0.140. The summed E-state index contributed by atoms with van der Waals surface area (Å²) in [6.45, 7) is 15.2. The number of nitrogens with zero attached hydrogens (tertiary/aromatic N) is 4. The second-order valence-electron chi connectivity index (χ2n) is 8.88. The fraction of sp³-hybridized carbons (Fsp3) is 0.600. The largest absolute Gasteiger partial charge is 0.546 e. The van der Waals surface area contributed by atoms with Gasteiger partial charge in [-0.3, -0.25) is 0 Å². The van der Waals surface area contributed by atoms with E-state index in [2.05, 4.69) is 48.8 Å². The Hall–Kier alpha value is -1.53. The van der Waals surface area contributed by atoms with Gasteiger partial charge in [0.25, 0.3) is 0 Å². The Labute approximate surface area is 167 Å². The quantitative estimate of drug-likeness (QED) is 0.463. The average Bonchev–Trinajstić information content (AvgIpc) is 2.55. The molecule has 0 bridgehead atoms. The van der Waals surface area contributed by atoms with E-state index in [1.54, 1.807) is 0 Å². The van der Waals surface area contributed by atoms with Gasteiger partial charge in [-0.05, 0) is 62.8 Å². The van der Waals surface area contributed by atoms with Gasteiger partial charge in [-0.15, -0.1) is 0 Å². The molecule has 0 fully saturated rings. The molecule has 0 amide bonds. The molecule has 1 aliphatic rings. The highest BCUT2D eigenvalue weighted by Crippen LogP contribution is 2.42. The molecule has 1 aliphatic carbocycles. The third kappa shape index (κ3) is 4.01. The van der Waals surface area contributed by atoms with Gasteiger partial charge in [0.2, 0.25) is 13.6 Å². The molecule has 2 aromatic heterocycles. The van der Waals surface area contributed by atoms with E-state index in [4.69, 9.17) is 21.0 Å². The van der Waals surface area contributed by atoms with Gasteiger partial charge in [0.15, 0.2) is 5.65 Å². The van der Waals surface area contributed by atoms with E-state index in [1.807, 2.05) is 13.8 Å². The predicted molar refractivity (Wildman–Crippen MR) is 113 cm³/mol. The first-order chi connectivity index (χ1) is 12.5. The first kappa shape index (κ1) is 20.2. The first-order valence-corrected chi connectivity index (χ1v) is 12.9. The number of aromatic nitrogens is 4. The summed E-state index contributed by atoms with van der Waals surface area (Å²) in [4.78, 5) is 18.2. The molecule has 0 aromatic carbocycles. The second-order valence-corrected chi connectivity index (χ2v) is 13.9. The van der Waals surface area contributed by atoms with Crippen molar-refractivity contribution < 1.29 is 4.43 Å². The highest BCUT2D eigenvalue weighted by Gasteiger charge is 2.40. The molecular weight excluding hydrogens is 376 g/mol. The van der Waals surface area contributed by atoms with Gasteiger partial charge in [0.05, 0.1) is 17.1 Å². The normalized spacial score (nSPS) is 16.1. The van der Waals surface area contributed by atoms with Gasteiger partial charge < -0.3 is 4.43 Å². The summed E-state index contributed by atoms with van der Waals surface area (Å²) in [6.07, 6.45) is 4.10. The third-order valence-electron chi connectivity index (χ3n) is 5.80. The zero-order valence-electron chi connectivity index (χ0n) is 17.4. The Morgan fingerprint density at radius 3 is 2.22 bits per heavy atom. The summed E-state index contributed by atoms with van der Waals surface area (Å²) in [5.41, 5.74) is 4.93. The van der Waals surface area contributed by atoms with E-state index >= 15 is 0 Å². The lowest BCUT2D eigenvalue weighted by atomic mass is 9.95. The highest BCUT2D eigenvalue weighted by molar-refractivity contribution is 6.74. The van der Waals surface area contributed by atoms with E-state index in [1.165, 1.54) is 0 Å². The summed E-state index contributed by atoms with van der Waals surface area (Å²) >= 11 is 6.24. The Morgan fingerprint density at radius 1 is 0.926 bits per heavy atom. The van der Waals surface area contributed by atoms with E-state index in [0.29, 0.717) is 5.65 Å². The monoisotopic (exact) mass is 404 g/mol. The van der Waals surface area contributed by atoms with Crippen LogP contribution < -0.4 is 0 Å². The third-order valence-corrected chi connectivity index (χ3v) is 10.3. The van der Waals surface area contributed by atoms with Crippen LogP contribution in [0.1, 0.15) is 63.5 Å². The first-order valence-electron chi connectivity index (χ1n) is 9.59. The van der Waals surface area contributed by atoms with Crippen LogP contribution in [0.15, 0.2) is 5.76 Å². The van der Waals surface area contributed by atoms with Gasteiger partial charge in [0, 0.05) is 12.0 Å². The fourth-order valence-electron chi connectivity index (χ4n) is 3.00. The van der Waals surface area contributed by atoms with E-state index < -0.39 is 8.32 Å². The van der Waals surface area contributed by atoms with Crippen LogP contribution in [0.2, 0.25) is 23.4 Å². The number of allylic oxidation sites excluding steroid dienone is 2. The van der Waals surface area contributed by atoms with Crippen LogP contribution >= 0.6 is 11.6 Å². The van der Waals surface area contributed by atoms with Crippen LogP contribution in [0, 0.1) is 13.8 Å². The van der Waals surface area contributed by atoms with Crippen molar-refractivity contribution in [1.29, 1.82) is 0 Å². The zero-order chi connectivity index (χ0) is 20.0. The summed E-state index contributed by atoms with van der Waals surface area (Å²) in [7, 11) is -1.94. The van der Waals surface area contributed by atoms with Gasteiger partial charge in [-0.1, -0.05) is 20.8 Å². The molecule has 0 N–H and O–H groups in total. The summed E-state index contributed by atoms with van der Waals surface area (Å²) in [5.74, 6) is 1.06. The Morgan fingerprint density at radius 2 is 1.56 bits per heavy atom. The molecule has 27 heavy (non-hydrogen) atoms. The van der Waals surface area contributed by atoms with Crippen LogP contribution in [0.5, 0.6) is 0 Å². The fourth-order valence-corrected chi connectivity index (χ4v) is 4.31. The molecule has 2 heterocycles. The van der Waals surface area contributed by atoms with Crippen LogP contribution in [0.3, 0.4) is 0 Å². The van der Waals surface area contributed by atoms with Crippen LogP contribution in [-0.4, -0.2) is 28.3 Å². The van der Waals surface area contributed by atoms with Crippen molar-refractivity contribution in [1.82, 2.24) is 19.9 Å². The van der Waals surface area contributed by atoms with E-state index in [0.717, 1.165) is 59.6 Å². The molecule has 0 atom stereocenters. The van der Waals surface area contributed by atoms with Crippen molar-refractivity contribution in [2.24, 2.45) is 0 Å². The Kier molecular flexibility index (Phi) is 5.34. The number of halogens is 1. The van der Waals surface area contributed by atoms with Crippen LogP contribution in [0.25, 0.3) is 16.7 Å². The highest BCUT2D eigenvalue weighted by atomic mass is 35.5. The molecular formula is C20H29ClN4OSi. The summed E-state index contributed by atoms with van der Waals surface area (Å²) < 4.78 is 6.72. The van der Waals surface area contributed by atoms with E-state index in [9.17, 15) is 0 Å². The molecule has 146 valence electrons. The number of aryl methyl sites for hydroxylation is 2. The van der Waals surface area contributed by atoms with Crippen molar-refractivity contribution in [2.75, 3.05) is 0 Å². The van der Waals surface area contributed by atoms with Crippen molar-refractivity contribution in [3.63, 3.8) is 0 Å². The molecule has 0 aliphatic heterocycles. The predicted octanol–water partition coefficient (Wildman–Crippen LogP) is 6.00. The van der Waals surface area contributed by atoms with Gasteiger partial charge >= 0.3 is 0 Å². The maximum atomic E-state index is 6.72. The topological polar surface area (TPSA) is 60.8 Å². The molecule has 3 rings (SSSR count). The lowest BCUT2D eigenvalue weighted by molar-refractivity contribution is 0.356. The minimum Gasteiger partial charge on any atom is -0.546 e. The molecule has 2 aromatic rings. The smallest absolute Gasteiger partial charge is 0.250 e. The molecule has 0 radical (unpaired) electrons. The van der Waals surface area contributed by atoms with Crippen LogP contribution in [-0.2, 0) is 4.43 Å². The lowest BCUT2D eigenvalue weighted by Gasteiger charge is -2.39. The molecule has 5 nitrogen and oxygen atoms in total. The molecule has 0 saturated heterocycles. The maximum absolute atomic E-state index is 6.72. The number of hydrogen-bond acceptors (Lipinski definition) is 5. The van der Waals surface area contributed by atoms with Crippen molar-refractivity contribution in [3.8, 4) is 0 Å². The SMILES string of the molecule is Cc1nc2nc(Cl)nc(C3=C(O[Si](C)(C)C(C)(C)C)CCCC3)c2nc1C. The number of rotatable bonds is 3. The van der Waals surface area contributed by atoms with Crippen molar-refractivity contribution >= 4 is 36.7 Å². The minimum atomic E-state index is -1.94. The molecule has 0 unspecified atom stereocenters. The number of fused-ring (bicyclic) bond motifs is 1. The van der Waals surface area contributed by atoms with Gasteiger partial charge in [-0.25, -0.2) is 15.0 Å². The summed E-state index contributed by atoms with van der Waals surface area (Å²) in [6, 6.07) is 0. The maximum Gasteiger partial charge on any atom is 0.250 e. The average molecular weight is 405 g/mol. The van der Waals surface area contributed by atoms with Crippen molar-refractivity contribution in [3.05, 3.63) is 28.1 Å². The van der Waals surface area contributed by atoms with Crippen molar-refractivity contribution in [2.45, 2.75) is 78.4 Å². The zero-order valence-corrected chi connectivity index (χ0v) is 19.2. The van der Waals surface area contributed by atoms with Gasteiger partial charge in [-0.2, -0.15) is 4.98 Å². The Balaban J connectivity index is 2.20. The second kappa shape index (κ2) is 7.13. The standard InChI is InChI=1S/C20H29ClN4OSi/c1-12-13(2)23-18-17(22-12)16(24-19(21)25-18)14-10-8-9-11-15(14)26-27(6,7)20(3,4)5/h8-11H2,1-7H3. The Bertz CT molecular complexity index is 918. The van der Waals surface area contributed by atoms with Gasteiger partial charge in [0.1, 0.15) is 11.2 Å². The molecule has 0 spiro atoms. The lowest BCUT2D eigenvalue weighted by Crippen LogP contribution is -2.40. The number of hydrogen-bond donors (Lipinski definition) is 0. The summed E-state index contributed by atoms with van der Waals surface area (Å²) in [5, 5.41) is 0.348. The van der Waals surface area contributed by atoms with E-state index in [-0.39, 0.29) is 10.3 Å². The molecule has 0 saturated carbocycles. The molecule has 7 heteroatoms. The van der Waals surface area contributed by atoms with Crippen LogP contribution in [0.4, 0.5) is 0 Å².